The Bertz CT molecular complexity index is 584. The number of rotatable bonds is 6. The number of nitrogens with zero attached hydrogens (tertiary/aromatic N) is 3. The van der Waals surface area contributed by atoms with E-state index in [1.807, 2.05) is 0 Å². The van der Waals surface area contributed by atoms with Gasteiger partial charge in [0.15, 0.2) is 0 Å². The highest BCUT2D eigenvalue weighted by atomic mass is 32.2. The van der Waals surface area contributed by atoms with Crippen LogP contribution in [0, 0.1) is 0 Å². The number of nitrogens with one attached hydrogen (secondary N) is 1. The molecule has 7 nitrogen and oxygen atoms in total. The molecule has 0 aromatic carbocycles. The van der Waals surface area contributed by atoms with Gasteiger partial charge in [-0.2, -0.15) is 4.31 Å². The fourth-order valence-electron chi connectivity index (χ4n) is 3.43. The summed E-state index contributed by atoms with van der Waals surface area (Å²) in [5.41, 5.74) is 0. The Balaban J connectivity index is 1.64. The zero-order valence-electron chi connectivity index (χ0n) is 13.6. The Morgan fingerprint density at radius 1 is 1.43 bits per heavy atom. The molecule has 3 heterocycles. The summed E-state index contributed by atoms with van der Waals surface area (Å²) < 4.78 is 32.5. The lowest BCUT2D eigenvalue weighted by Crippen LogP contribution is -2.51. The van der Waals surface area contributed by atoms with Crippen LogP contribution in [0.2, 0.25) is 0 Å². The van der Waals surface area contributed by atoms with Crippen LogP contribution in [0.15, 0.2) is 12.4 Å². The van der Waals surface area contributed by atoms with E-state index >= 15 is 0 Å². The number of piperazine rings is 1. The summed E-state index contributed by atoms with van der Waals surface area (Å²) in [5.74, 6) is 1.01. The standard InChI is InChI=1S/C15H26N4O3S/c1-2-18-8-9-19(12-14(18)15-16-6-7-17-15)23(20,21)11-5-13-4-3-10-22-13/h6-7,13-14H,2-5,8-12H2,1H3,(H,16,17)/t13-,14-/m0/s1. The van der Waals surface area contributed by atoms with Crippen molar-refractivity contribution >= 4 is 10.0 Å². The van der Waals surface area contributed by atoms with Crippen LogP contribution in [0.5, 0.6) is 0 Å². The second kappa shape index (κ2) is 7.29. The molecule has 2 atom stereocenters. The molecule has 0 bridgehead atoms. The Kier molecular flexibility index (Phi) is 5.35. The van der Waals surface area contributed by atoms with Gasteiger partial charge >= 0.3 is 0 Å². The third-order valence-corrected chi connectivity index (χ3v) is 6.68. The van der Waals surface area contributed by atoms with E-state index in [4.69, 9.17) is 4.74 Å². The quantitative estimate of drug-likeness (QED) is 0.834. The first-order chi connectivity index (χ1) is 11.1. The number of H-pyrrole nitrogens is 1. The fraction of sp³-hybridized carbons (Fsp3) is 0.800. The Labute approximate surface area is 138 Å². The van der Waals surface area contributed by atoms with Crippen molar-refractivity contribution in [2.24, 2.45) is 0 Å². The minimum absolute atomic E-state index is 0.00116. The molecule has 1 N–H and O–H groups in total. The second-order valence-electron chi connectivity index (χ2n) is 6.22. The normalized spacial score (nSPS) is 27.5. The molecule has 1 aromatic heterocycles. The average molecular weight is 342 g/mol. The molecule has 2 aliphatic heterocycles. The van der Waals surface area contributed by atoms with Crippen LogP contribution in [-0.4, -0.2) is 72.2 Å². The van der Waals surface area contributed by atoms with E-state index in [-0.39, 0.29) is 17.9 Å². The lowest BCUT2D eigenvalue weighted by Gasteiger charge is -2.39. The number of hydrogen-bond donors (Lipinski definition) is 1. The molecule has 0 unspecified atom stereocenters. The number of likely N-dealkylation sites (N-methyl/N-ethyl adjacent to an activating group) is 1. The van der Waals surface area contributed by atoms with Crippen molar-refractivity contribution < 1.29 is 13.2 Å². The molecular formula is C15H26N4O3S. The van der Waals surface area contributed by atoms with Crippen molar-refractivity contribution in [2.45, 2.75) is 38.3 Å². The van der Waals surface area contributed by atoms with Gasteiger partial charge in [-0.1, -0.05) is 6.92 Å². The molecular weight excluding hydrogens is 316 g/mol. The van der Waals surface area contributed by atoms with Gasteiger partial charge in [-0.25, -0.2) is 13.4 Å². The highest BCUT2D eigenvalue weighted by Crippen LogP contribution is 2.25. The Morgan fingerprint density at radius 2 is 2.30 bits per heavy atom. The number of ether oxygens (including phenoxy) is 1. The first kappa shape index (κ1) is 16.9. The molecule has 2 aliphatic rings. The van der Waals surface area contributed by atoms with E-state index < -0.39 is 10.0 Å². The monoisotopic (exact) mass is 342 g/mol. The minimum Gasteiger partial charge on any atom is -0.378 e. The van der Waals surface area contributed by atoms with Crippen LogP contribution in [0.1, 0.15) is 38.1 Å². The van der Waals surface area contributed by atoms with E-state index in [2.05, 4.69) is 21.8 Å². The summed E-state index contributed by atoms with van der Waals surface area (Å²) in [6.45, 7) is 5.50. The summed E-state index contributed by atoms with van der Waals surface area (Å²) in [5, 5.41) is 0. The molecule has 0 aliphatic carbocycles. The van der Waals surface area contributed by atoms with Gasteiger partial charge in [0.25, 0.3) is 0 Å². The van der Waals surface area contributed by atoms with E-state index in [9.17, 15) is 8.42 Å². The molecule has 0 saturated carbocycles. The van der Waals surface area contributed by atoms with Crippen molar-refractivity contribution in [2.75, 3.05) is 38.5 Å². The van der Waals surface area contributed by atoms with Crippen molar-refractivity contribution in [1.82, 2.24) is 19.2 Å². The van der Waals surface area contributed by atoms with Crippen LogP contribution in [-0.2, 0) is 14.8 Å². The molecule has 130 valence electrons. The third kappa shape index (κ3) is 3.93. The smallest absolute Gasteiger partial charge is 0.214 e. The van der Waals surface area contributed by atoms with Crippen molar-refractivity contribution in [3.63, 3.8) is 0 Å². The molecule has 2 fully saturated rings. The average Bonchev–Trinajstić information content (AvgIpc) is 3.25. The summed E-state index contributed by atoms with van der Waals surface area (Å²) >= 11 is 0. The third-order valence-electron chi connectivity index (χ3n) is 4.81. The number of aromatic amines is 1. The van der Waals surface area contributed by atoms with Gasteiger partial charge in [0.2, 0.25) is 10.0 Å². The molecule has 0 radical (unpaired) electrons. The summed E-state index contributed by atoms with van der Waals surface area (Å²) in [4.78, 5) is 9.72. The SMILES string of the molecule is CCN1CCN(S(=O)(=O)CC[C@@H]2CCCO2)C[C@H]1c1ncc[nH]1. The van der Waals surface area contributed by atoms with Gasteiger partial charge < -0.3 is 9.72 Å². The van der Waals surface area contributed by atoms with Gasteiger partial charge in [-0.15, -0.1) is 0 Å². The minimum atomic E-state index is -3.24. The number of imidazole rings is 1. The van der Waals surface area contributed by atoms with Crippen molar-refractivity contribution in [3.05, 3.63) is 18.2 Å². The van der Waals surface area contributed by atoms with Crippen LogP contribution in [0.25, 0.3) is 0 Å². The van der Waals surface area contributed by atoms with Crippen LogP contribution < -0.4 is 0 Å². The maximum atomic E-state index is 12.7. The van der Waals surface area contributed by atoms with Crippen LogP contribution in [0.4, 0.5) is 0 Å². The van der Waals surface area contributed by atoms with Crippen molar-refractivity contribution in [1.29, 1.82) is 0 Å². The second-order valence-corrected chi connectivity index (χ2v) is 8.31. The summed E-state index contributed by atoms with van der Waals surface area (Å²) in [6, 6.07) is 0.00116. The Morgan fingerprint density at radius 3 is 2.96 bits per heavy atom. The highest BCUT2D eigenvalue weighted by Gasteiger charge is 2.35. The number of aromatic nitrogens is 2. The van der Waals surface area contributed by atoms with Gasteiger partial charge in [0.1, 0.15) is 5.82 Å². The van der Waals surface area contributed by atoms with Gasteiger partial charge in [-0.3, -0.25) is 4.90 Å². The van der Waals surface area contributed by atoms with E-state index in [0.717, 1.165) is 38.4 Å². The summed E-state index contributed by atoms with van der Waals surface area (Å²) in [7, 11) is -3.24. The molecule has 8 heteroatoms. The molecule has 0 spiro atoms. The number of sulfonamides is 1. The molecule has 1 aromatic rings. The van der Waals surface area contributed by atoms with E-state index in [0.29, 0.717) is 19.5 Å². The maximum absolute atomic E-state index is 12.7. The topological polar surface area (TPSA) is 78.5 Å². The van der Waals surface area contributed by atoms with Gasteiger partial charge in [-0.05, 0) is 25.8 Å². The predicted molar refractivity (Wildman–Crippen MR) is 87.5 cm³/mol. The Hall–Kier alpha value is -0.960. The highest BCUT2D eigenvalue weighted by molar-refractivity contribution is 7.89. The first-order valence-corrected chi connectivity index (χ1v) is 10.0. The fourth-order valence-corrected chi connectivity index (χ4v) is 4.97. The zero-order valence-corrected chi connectivity index (χ0v) is 14.5. The first-order valence-electron chi connectivity index (χ1n) is 8.43. The van der Waals surface area contributed by atoms with Crippen LogP contribution in [0.3, 0.4) is 0 Å². The van der Waals surface area contributed by atoms with E-state index in [1.165, 1.54) is 0 Å². The van der Waals surface area contributed by atoms with Crippen molar-refractivity contribution in [3.8, 4) is 0 Å². The van der Waals surface area contributed by atoms with Gasteiger partial charge in [0, 0.05) is 38.6 Å². The zero-order chi connectivity index (χ0) is 16.3. The molecule has 2 saturated heterocycles. The largest absolute Gasteiger partial charge is 0.378 e. The lowest BCUT2D eigenvalue weighted by atomic mass is 10.2. The lowest BCUT2D eigenvalue weighted by molar-refractivity contribution is 0.106. The maximum Gasteiger partial charge on any atom is 0.214 e. The van der Waals surface area contributed by atoms with Crippen LogP contribution >= 0.6 is 0 Å². The summed E-state index contributed by atoms with van der Waals surface area (Å²) in [6.07, 6.45) is 6.24. The molecule has 0 amide bonds. The van der Waals surface area contributed by atoms with E-state index in [1.54, 1.807) is 16.7 Å². The molecule has 3 rings (SSSR count). The molecule has 23 heavy (non-hydrogen) atoms. The number of hydrogen-bond acceptors (Lipinski definition) is 5. The predicted octanol–water partition coefficient (Wildman–Crippen LogP) is 0.987. The van der Waals surface area contributed by atoms with Gasteiger partial charge in [0.05, 0.1) is 17.9 Å².